The van der Waals surface area contributed by atoms with Crippen molar-refractivity contribution in [3.05, 3.63) is 88.9 Å². The lowest BCUT2D eigenvalue weighted by Crippen LogP contribution is -2.33. The van der Waals surface area contributed by atoms with Crippen molar-refractivity contribution in [2.75, 3.05) is 5.75 Å². The minimum Gasteiger partial charge on any atom is -0.476 e. The summed E-state index contributed by atoms with van der Waals surface area (Å²) >= 11 is 7.74. The van der Waals surface area contributed by atoms with Crippen LogP contribution in [0.15, 0.2) is 77.7 Å². The molecule has 0 spiro atoms. The first-order valence-corrected chi connectivity index (χ1v) is 10.6. The van der Waals surface area contributed by atoms with Crippen LogP contribution in [0.4, 0.5) is 0 Å². The number of rotatable bonds is 6. The molecule has 148 valence electrons. The van der Waals surface area contributed by atoms with Crippen molar-refractivity contribution in [3.63, 3.8) is 0 Å². The molecule has 1 N–H and O–H groups in total. The van der Waals surface area contributed by atoms with Gasteiger partial charge in [-0.25, -0.2) is 4.79 Å². The molecule has 0 saturated carbocycles. The molecule has 1 aliphatic rings. The van der Waals surface area contributed by atoms with Crippen LogP contribution in [0, 0.1) is 0 Å². The Labute approximate surface area is 178 Å². The fourth-order valence-corrected chi connectivity index (χ4v) is 4.60. The molecule has 2 atom stereocenters. The molecule has 3 aromatic carbocycles. The van der Waals surface area contributed by atoms with Gasteiger partial charge in [-0.3, -0.25) is 0 Å². The molecule has 1 aliphatic heterocycles. The van der Waals surface area contributed by atoms with Gasteiger partial charge in [-0.15, -0.1) is 11.8 Å². The molecular weight excluding hydrogens is 408 g/mol. The highest BCUT2D eigenvalue weighted by Crippen LogP contribution is 2.41. The molecule has 0 bridgehead atoms. The van der Waals surface area contributed by atoms with Gasteiger partial charge >= 0.3 is 12.3 Å². The Morgan fingerprint density at radius 2 is 1.59 bits per heavy atom. The summed E-state index contributed by atoms with van der Waals surface area (Å²) in [4.78, 5) is 12.9. The highest BCUT2D eigenvalue weighted by Gasteiger charge is 2.24. The van der Waals surface area contributed by atoms with E-state index >= 15 is 0 Å². The monoisotopic (exact) mass is 426 g/mol. The van der Waals surface area contributed by atoms with Crippen LogP contribution in [0.2, 0.25) is 5.02 Å². The molecule has 0 aromatic heterocycles. The fourth-order valence-electron chi connectivity index (χ4n) is 3.35. The average Bonchev–Trinajstić information content (AvgIpc) is 2.75. The van der Waals surface area contributed by atoms with Gasteiger partial charge in [0.05, 0.1) is 0 Å². The molecule has 4 rings (SSSR count). The Balaban J connectivity index is 1.48. The number of aliphatic carboxylic acids is 1. The summed E-state index contributed by atoms with van der Waals surface area (Å²) < 4.78 is 11.0. The lowest BCUT2D eigenvalue weighted by Gasteiger charge is -2.25. The number of hydrogen-bond donors (Lipinski definition) is 1. The van der Waals surface area contributed by atoms with Gasteiger partial charge in [-0.2, -0.15) is 0 Å². The Morgan fingerprint density at radius 1 is 0.966 bits per heavy atom. The highest BCUT2D eigenvalue weighted by molar-refractivity contribution is 7.99. The zero-order chi connectivity index (χ0) is 20.2. The van der Waals surface area contributed by atoms with E-state index in [1.807, 2.05) is 23.9 Å². The standard InChI is InChI=1S/C23H19ClO4S/c24-16-7-11-18(12-8-16)28-23(22(25)26)27-17-9-5-15(6-10-17)19-13-14-29-21-4-2-1-3-20(19)21/h1-12,19,23H,13-14H2,(H,25,26). The maximum Gasteiger partial charge on any atom is 0.387 e. The van der Waals surface area contributed by atoms with Gasteiger partial charge in [0.15, 0.2) is 0 Å². The van der Waals surface area contributed by atoms with E-state index in [0.717, 1.165) is 12.2 Å². The molecular formula is C23H19ClO4S. The molecule has 6 heteroatoms. The van der Waals surface area contributed by atoms with E-state index in [1.165, 1.54) is 16.0 Å². The SMILES string of the molecule is O=C(O)C(Oc1ccc(Cl)cc1)Oc1ccc(C2CCSc3ccccc32)cc1. The van der Waals surface area contributed by atoms with Crippen LogP contribution in [0.3, 0.4) is 0 Å². The smallest absolute Gasteiger partial charge is 0.387 e. The van der Waals surface area contributed by atoms with E-state index in [1.54, 1.807) is 36.4 Å². The van der Waals surface area contributed by atoms with Crippen molar-refractivity contribution < 1.29 is 19.4 Å². The van der Waals surface area contributed by atoms with Crippen molar-refractivity contribution in [2.24, 2.45) is 0 Å². The van der Waals surface area contributed by atoms with Crippen molar-refractivity contribution in [1.29, 1.82) is 0 Å². The topological polar surface area (TPSA) is 55.8 Å². The summed E-state index contributed by atoms with van der Waals surface area (Å²) in [5.41, 5.74) is 2.53. The van der Waals surface area contributed by atoms with Gasteiger partial charge < -0.3 is 14.6 Å². The van der Waals surface area contributed by atoms with Crippen LogP contribution < -0.4 is 9.47 Å². The van der Waals surface area contributed by atoms with Gasteiger partial charge in [0.2, 0.25) is 0 Å². The second-order valence-electron chi connectivity index (χ2n) is 6.66. The average molecular weight is 427 g/mol. The third-order valence-corrected chi connectivity index (χ3v) is 6.12. The summed E-state index contributed by atoms with van der Waals surface area (Å²) in [5.74, 6) is 1.02. The molecule has 0 fully saturated rings. The number of hydrogen-bond acceptors (Lipinski definition) is 4. The third-order valence-electron chi connectivity index (χ3n) is 4.74. The van der Waals surface area contributed by atoms with E-state index in [4.69, 9.17) is 21.1 Å². The van der Waals surface area contributed by atoms with E-state index < -0.39 is 12.3 Å². The van der Waals surface area contributed by atoms with Crippen LogP contribution in [-0.2, 0) is 4.79 Å². The van der Waals surface area contributed by atoms with E-state index in [0.29, 0.717) is 22.4 Å². The van der Waals surface area contributed by atoms with E-state index in [-0.39, 0.29) is 0 Å². The molecule has 0 aliphatic carbocycles. The largest absolute Gasteiger partial charge is 0.476 e. The Hall–Kier alpha value is -2.63. The van der Waals surface area contributed by atoms with E-state index in [2.05, 4.69) is 24.3 Å². The minimum atomic E-state index is -1.45. The number of thioether (sulfide) groups is 1. The number of halogens is 1. The van der Waals surface area contributed by atoms with E-state index in [9.17, 15) is 9.90 Å². The normalized spacial score (nSPS) is 16.5. The number of fused-ring (bicyclic) bond motifs is 1. The lowest BCUT2D eigenvalue weighted by molar-refractivity contribution is -0.158. The molecule has 29 heavy (non-hydrogen) atoms. The minimum absolute atomic E-state index is 0.335. The van der Waals surface area contributed by atoms with Crippen molar-refractivity contribution >= 4 is 29.3 Å². The maximum absolute atomic E-state index is 11.5. The zero-order valence-electron chi connectivity index (χ0n) is 15.5. The van der Waals surface area contributed by atoms with Crippen molar-refractivity contribution in [3.8, 4) is 11.5 Å². The van der Waals surface area contributed by atoms with Gasteiger partial charge in [0.1, 0.15) is 11.5 Å². The first-order chi connectivity index (χ1) is 14.1. The summed E-state index contributed by atoms with van der Waals surface area (Å²) in [6.07, 6.45) is -0.381. The predicted octanol–water partition coefficient (Wildman–Crippen LogP) is 5.84. The van der Waals surface area contributed by atoms with Crippen molar-refractivity contribution in [1.82, 2.24) is 0 Å². The molecule has 0 amide bonds. The molecule has 3 aromatic rings. The summed E-state index contributed by atoms with van der Waals surface area (Å²) in [6.45, 7) is 0. The number of carboxylic acid groups (broad SMARTS) is 1. The van der Waals surface area contributed by atoms with Gasteiger partial charge in [0.25, 0.3) is 0 Å². The van der Waals surface area contributed by atoms with Crippen LogP contribution in [-0.4, -0.2) is 23.1 Å². The maximum atomic E-state index is 11.5. The summed E-state index contributed by atoms with van der Waals surface area (Å²) in [5, 5.41) is 9.98. The first-order valence-electron chi connectivity index (χ1n) is 9.23. The Kier molecular flexibility index (Phi) is 5.97. The number of carbonyl (C=O) groups is 1. The summed E-state index contributed by atoms with van der Waals surface area (Å²) in [7, 11) is 0. The molecule has 4 nitrogen and oxygen atoms in total. The van der Waals surface area contributed by atoms with Crippen LogP contribution in [0.1, 0.15) is 23.5 Å². The molecule has 0 radical (unpaired) electrons. The number of ether oxygens (including phenoxy) is 2. The fraction of sp³-hybridized carbons (Fsp3) is 0.174. The zero-order valence-corrected chi connectivity index (χ0v) is 17.0. The Bertz CT molecular complexity index is 989. The van der Waals surface area contributed by atoms with Gasteiger partial charge in [0, 0.05) is 15.8 Å². The Morgan fingerprint density at radius 3 is 2.24 bits per heavy atom. The van der Waals surface area contributed by atoms with Crippen LogP contribution in [0.5, 0.6) is 11.5 Å². The number of carboxylic acids is 1. The molecule has 0 saturated heterocycles. The second kappa shape index (κ2) is 8.80. The highest BCUT2D eigenvalue weighted by atomic mass is 35.5. The molecule has 1 heterocycles. The van der Waals surface area contributed by atoms with Gasteiger partial charge in [-0.1, -0.05) is 41.9 Å². The molecule has 2 unspecified atom stereocenters. The third kappa shape index (κ3) is 4.69. The van der Waals surface area contributed by atoms with Gasteiger partial charge in [-0.05, 0) is 65.8 Å². The lowest BCUT2D eigenvalue weighted by atomic mass is 9.89. The quantitative estimate of drug-likeness (QED) is 0.502. The summed E-state index contributed by atoms with van der Waals surface area (Å²) in [6, 6.07) is 22.5. The van der Waals surface area contributed by atoms with Crippen LogP contribution in [0.25, 0.3) is 0 Å². The second-order valence-corrected chi connectivity index (χ2v) is 8.23. The first kappa shape index (κ1) is 19.7. The number of benzene rings is 3. The predicted molar refractivity (Wildman–Crippen MR) is 114 cm³/mol. The van der Waals surface area contributed by atoms with Crippen LogP contribution >= 0.6 is 23.4 Å². The van der Waals surface area contributed by atoms with Crippen molar-refractivity contribution in [2.45, 2.75) is 23.5 Å².